The lowest BCUT2D eigenvalue weighted by Gasteiger charge is -2.09. The van der Waals surface area contributed by atoms with E-state index in [2.05, 4.69) is 60.7 Å². The molecule has 5 heteroatoms. The van der Waals surface area contributed by atoms with E-state index in [1.807, 2.05) is 59.9 Å². The number of furan rings is 1. The lowest BCUT2D eigenvalue weighted by atomic mass is 10.0. The Hall–Kier alpha value is -6.43. The van der Waals surface area contributed by atoms with Gasteiger partial charge in [0, 0.05) is 47.6 Å². The van der Waals surface area contributed by atoms with Gasteiger partial charge in [-0.05, 0) is 52.6 Å². The molecule has 10 aromatic rings. The number of nitrogens with zero attached hydrogens (tertiary/aromatic N) is 3. The summed E-state index contributed by atoms with van der Waals surface area (Å²) in [6.45, 7) is 0. The Bertz CT molecular complexity index is 3130. The van der Waals surface area contributed by atoms with Gasteiger partial charge in [0.25, 0.3) is 0 Å². The molecule has 3 heterocycles. The topological polar surface area (TPSA) is 51.8 Å². The summed E-state index contributed by atoms with van der Waals surface area (Å²) in [7, 11) is 0. The zero-order chi connectivity index (χ0) is 37.4. The van der Waals surface area contributed by atoms with Crippen molar-refractivity contribution in [3.8, 4) is 56.4 Å². The van der Waals surface area contributed by atoms with Crippen LogP contribution in [-0.4, -0.2) is 15.0 Å². The van der Waals surface area contributed by atoms with Crippen molar-refractivity contribution in [1.29, 1.82) is 0 Å². The van der Waals surface area contributed by atoms with Gasteiger partial charge in [0.1, 0.15) is 11.2 Å². The van der Waals surface area contributed by atoms with E-state index in [1.54, 1.807) is 24.3 Å². The molecule has 3 aromatic heterocycles. The van der Waals surface area contributed by atoms with Crippen molar-refractivity contribution < 1.29 is 11.3 Å². The van der Waals surface area contributed by atoms with E-state index in [0.29, 0.717) is 28.6 Å². The molecule has 0 saturated carbocycles. The molecule has 234 valence electrons. The molecule has 0 unspecified atom stereocenters. The molecule has 0 fully saturated rings. The highest BCUT2D eigenvalue weighted by atomic mass is 32.1. The van der Waals surface area contributed by atoms with Crippen molar-refractivity contribution in [3.63, 3.8) is 0 Å². The molecular formula is C45H27N3OS. The monoisotopic (exact) mass is 662 g/mol. The molecule has 0 radical (unpaired) electrons. The van der Waals surface area contributed by atoms with E-state index < -0.39 is 6.04 Å². The minimum absolute atomic E-state index is 0.141. The molecule has 0 N–H and O–H groups in total. The normalized spacial score (nSPS) is 13.0. The fraction of sp³-hybridized carbons (Fsp3) is 0. The Labute approximate surface area is 299 Å². The summed E-state index contributed by atoms with van der Waals surface area (Å²) in [5.74, 6) is 1.40. The van der Waals surface area contributed by atoms with Crippen molar-refractivity contribution in [2.45, 2.75) is 0 Å². The zero-order valence-corrected chi connectivity index (χ0v) is 27.2. The van der Waals surface area contributed by atoms with Crippen LogP contribution in [0.5, 0.6) is 0 Å². The SMILES string of the molecule is [2H]c1c([2H])c([2H])c(-c2ccc(-c3nc(-c4ccccc4)nc(-c4ccc5c(c4)oc4ccc(-c6cccc7c6sc6ccccc67)cc45)n3)cc2)c([2H])c1[2H]. The van der Waals surface area contributed by atoms with E-state index in [1.165, 1.54) is 25.7 Å². The maximum atomic E-state index is 8.42. The van der Waals surface area contributed by atoms with Crippen molar-refractivity contribution in [3.05, 3.63) is 164 Å². The summed E-state index contributed by atoms with van der Waals surface area (Å²) in [5, 5.41) is 4.55. The van der Waals surface area contributed by atoms with Gasteiger partial charge in [-0.1, -0.05) is 133 Å². The smallest absolute Gasteiger partial charge is 0.164 e. The quantitative estimate of drug-likeness (QED) is 0.184. The van der Waals surface area contributed by atoms with E-state index in [4.69, 9.17) is 26.2 Å². The van der Waals surface area contributed by atoms with Crippen LogP contribution in [-0.2, 0) is 0 Å². The Morgan fingerprint density at radius 2 is 1.10 bits per heavy atom. The highest BCUT2D eigenvalue weighted by Gasteiger charge is 2.16. The summed E-state index contributed by atoms with van der Waals surface area (Å²) in [6.07, 6.45) is 0. The molecule has 0 aliphatic heterocycles. The van der Waals surface area contributed by atoms with E-state index in [9.17, 15) is 0 Å². The molecule has 4 nitrogen and oxygen atoms in total. The molecule has 0 aliphatic carbocycles. The van der Waals surface area contributed by atoms with Gasteiger partial charge in [-0.3, -0.25) is 0 Å². The third kappa shape index (κ3) is 4.87. The second-order valence-corrected chi connectivity index (χ2v) is 13.1. The van der Waals surface area contributed by atoms with Crippen molar-refractivity contribution >= 4 is 53.4 Å². The van der Waals surface area contributed by atoms with Gasteiger partial charge in [0.05, 0.1) is 6.85 Å². The van der Waals surface area contributed by atoms with Gasteiger partial charge in [-0.15, -0.1) is 11.3 Å². The van der Waals surface area contributed by atoms with E-state index in [-0.39, 0.29) is 29.7 Å². The average molecular weight is 663 g/mol. The van der Waals surface area contributed by atoms with Crippen molar-refractivity contribution in [2.24, 2.45) is 0 Å². The van der Waals surface area contributed by atoms with Crippen LogP contribution in [0.4, 0.5) is 0 Å². The summed E-state index contributed by atoms with van der Waals surface area (Å²) < 4.78 is 50.0. The highest BCUT2D eigenvalue weighted by molar-refractivity contribution is 7.26. The lowest BCUT2D eigenvalue weighted by Crippen LogP contribution is -2.00. The van der Waals surface area contributed by atoms with Crippen LogP contribution in [0.2, 0.25) is 0 Å². The van der Waals surface area contributed by atoms with E-state index in [0.717, 1.165) is 38.6 Å². The first-order chi connectivity index (χ1) is 26.8. The number of benzene rings is 7. The Balaban J connectivity index is 1.06. The van der Waals surface area contributed by atoms with Crippen LogP contribution in [0.1, 0.15) is 6.85 Å². The van der Waals surface area contributed by atoms with Gasteiger partial charge in [-0.2, -0.15) is 0 Å². The molecule has 0 bridgehead atoms. The third-order valence-corrected chi connectivity index (χ3v) is 10.3. The van der Waals surface area contributed by atoms with Crippen molar-refractivity contribution in [1.82, 2.24) is 15.0 Å². The van der Waals surface area contributed by atoms with Crippen molar-refractivity contribution in [2.75, 3.05) is 0 Å². The molecule has 0 saturated heterocycles. The minimum Gasteiger partial charge on any atom is -0.456 e. The van der Waals surface area contributed by atoms with Crippen LogP contribution in [0.3, 0.4) is 0 Å². The standard InChI is InChI=1S/C45H27N3OS/c1-3-10-28(11-4-1)29-18-20-31(21-19-29)44-46-43(30-12-5-2-6-13-30)47-45(48-44)33-22-24-35-38-26-32(23-25-39(38)49-40(35)27-33)34-15-9-16-37-36-14-7-8-17-41(36)50-42(34)37/h1-27H/i1D,3D,4D,10D,11D. The fourth-order valence-electron chi connectivity index (χ4n) is 6.59. The molecule has 0 spiro atoms. The van der Waals surface area contributed by atoms with Gasteiger partial charge in [0.15, 0.2) is 17.5 Å². The predicted molar refractivity (Wildman–Crippen MR) is 207 cm³/mol. The van der Waals surface area contributed by atoms with Crippen LogP contribution in [0, 0.1) is 0 Å². The summed E-state index contributed by atoms with van der Waals surface area (Å²) in [5.41, 5.74) is 6.74. The molecular weight excluding hydrogens is 631 g/mol. The number of hydrogen-bond donors (Lipinski definition) is 0. The summed E-state index contributed by atoms with van der Waals surface area (Å²) >= 11 is 1.82. The number of rotatable bonds is 5. The second kappa shape index (κ2) is 11.6. The van der Waals surface area contributed by atoms with Gasteiger partial charge < -0.3 is 4.42 Å². The summed E-state index contributed by atoms with van der Waals surface area (Å²) in [4.78, 5) is 14.7. The van der Waals surface area contributed by atoms with Gasteiger partial charge in [-0.25, -0.2) is 15.0 Å². The van der Waals surface area contributed by atoms with Gasteiger partial charge in [0.2, 0.25) is 0 Å². The lowest BCUT2D eigenvalue weighted by molar-refractivity contribution is 0.669. The van der Waals surface area contributed by atoms with E-state index >= 15 is 0 Å². The summed E-state index contributed by atoms with van der Waals surface area (Å²) in [6, 6.07) is 42.5. The highest BCUT2D eigenvalue weighted by Crippen LogP contribution is 2.41. The van der Waals surface area contributed by atoms with Crippen LogP contribution in [0.25, 0.3) is 98.5 Å². The maximum absolute atomic E-state index is 8.42. The minimum atomic E-state index is -0.423. The van der Waals surface area contributed by atoms with Gasteiger partial charge >= 0.3 is 0 Å². The van der Waals surface area contributed by atoms with Crippen LogP contribution >= 0.6 is 11.3 Å². The Kier molecular flexibility index (Phi) is 5.54. The Morgan fingerprint density at radius 3 is 1.92 bits per heavy atom. The predicted octanol–water partition coefficient (Wildman–Crippen LogP) is 12.5. The molecule has 7 aromatic carbocycles. The molecule has 10 rings (SSSR count). The molecule has 0 atom stereocenters. The second-order valence-electron chi connectivity index (χ2n) is 12.1. The number of hydrogen-bond acceptors (Lipinski definition) is 5. The molecule has 0 amide bonds. The molecule has 50 heavy (non-hydrogen) atoms. The maximum Gasteiger partial charge on any atom is 0.164 e. The first-order valence-corrected chi connectivity index (χ1v) is 17.0. The fourth-order valence-corrected chi connectivity index (χ4v) is 7.83. The first-order valence-electron chi connectivity index (χ1n) is 18.7. The molecule has 0 aliphatic rings. The average Bonchev–Trinajstić information content (AvgIpc) is 3.80. The number of fused-ring (bicyclic) bond motifs is 6. The first kappa shape index (κ1) is 23.8. The third-order valence-electron chi connectivity index (χ3n) is 9.04. The largest absolute Gasteiger partial charge is 0.456 e. The van der Waals surface area contributed by atoms with Crippen LogP contribution < -0.4 is 0 Å². The zero-order valence-electron chi connectivity index (χ0n) is 31.4. The Morgan fingerprint density at radius 1 is 0.440 bits per heavy atom. The number of thiophene rings is 1. The number of aromatic nitrogens is 3. The van der Waals surface area contributed by atoms with Crippen LogP contribution in [0.15, 0.2) is 168 Å².